The number of hydrogen-bond donors (Lipinski definition) is 0. The highest BCUT2D eigenvalue weighted by atomic mass is 16.5. The lowest BCUT2D eigenvalue weighted by Gasteiger charge is -2.07. The second-order valence-electron chi connectivity index (χ2n) is 3.83. The van der Waals surface area contributed by atoms with Crippen LogP contribution in [0.2, 0.25) is 0 Å². The predicted molar refractivity (Wildman–Crippen MR) is 54.2 cm³/mol. The number of esters is 2. The van der Waals surface area contributed by atoms with Gasteiger partial charge in [-0.15, -0.1) is 0 Å². The maximum Gasteiger partial charge on any atom is 0.306 e. The number of ether oxygens (including phenoxy) is 2. The third-order valence-corrected chi connectivity index (χ3v) is 2.60. The Kier molecular flexibility index (Phi) is 5.15. The Labute approximate surface area is 89.9 Å². The summed E-state index contributed by atoms with van der Waals surface area (Å²) in [6.45, 7) is 0. The van der Waals surface area contributed by atoms with Gasteiger partial charge in [0, 0.05) is 12.8 Å². The molecule has 1 unspecified atom stereocenters. The second-order valence-corrected chi connectivity index (χ2v) is 3.83. The number of hydrogen-bond acceptors (Lipinski definition) is 4. The average Bonchev–Trinajstić information content (AvgIpc) is 2.63. The average molecular weight is 214 g/mol. The van der Waals surface area contributed by atoms with Crippen molar-refractivity contribution < 1.29 is 19.1 Å². The molecule has 0 saturated carbocycles. The molecule has 0 aromatic rings. The van der Waals surface area contributed by atoms with Crippen LogP contribution in [0.1, 0.15) is 44.9 Å². The van der Waals surface area contributed by atoms with E-state index in [1.165, 1.54) is 7.11 Å². The first-order chi connectivity index (χ1) is 7.22. The van der Waals surface area contributed by atoms with Crippen molar-refractivity contribution in [1.29, 1.82) is 0 Å². The van der Waals surface area contributed by atoms with E-state index >= 15 is 0 Å². The molecule has 86 valence electrons. The first-order valence-corrected chi connectivity index (χ1v) is 5.48. The summed E-state index contributed by atoms with van der Waals surface area (Å²) in [7, 11) is 1.40. The summed E-state index contributed by atoms with van der Waals surface area (Å²) in [5, 5.41) is 0. The minimum Gasteiger partial charge on any atom is -0.469 e. The molecule has 1 fully saturated rings. The van der Waals surface area contributed by atoms with Gasteiger partial charge in [-0.05, 0) is 25.7 Å². The fourth-order valence-electron chi connectivity index (χ4n) is 1.71. The van der Waals surface area contributed by atoms with Crippen molar-refractivity contribution in [3.05, 3.63) is 0 Å². The highest BCUT2D eigenvalue weighted by Crippen LogP contribution is 2.19. The molecule has 1 heterocycles. The van der Waals surface area contributed by atoms with E-state index in [-0.39, 0.29) is 18.0 Å². The molecule has 15 heavy (non-hydrogen) atoms. The molecule has 1 rings (SSSR count). The summed E-state index contributed by atoms with van der Waals surface area (Å²) in [6.07, 6.45) is 5.80. The zero-order chi connectivity index (χ0) is 11.1. The number of unbranched alkanes of at least 4 members (excludes halogenated alkanes) is 2. The molecule has 1 aliphatic heterocycles. The first kappa shape index (κ1) is 12.0. The molecular formula is C11H18O4. The van der Waals surface area contributed by atoms with E-state index in [9.17, 15) is 9.59 Å². The summed E-state index contributed by atoms with van der Waals surface area (Å²) in [6, 6.07) is 0. The van der Waals surface area contributed by atoms with Gasteiger partial charge in [-0.1, -0.05) is 6.42 Å². The highest BCUT2D eigenvalue weighted by Gasteiger charge is 2.22. The largest absolute Gasteiger partial charge is 0.469 e. The molecule has 0 N–H and O–H groups in total. The predicted octanol–water partition coefficient (Wildman–Crippen LogP) is 1.82. The van der Waals surface area contributed by atoms with E-state index in [0.29, 0.717) is 12.8 Å². The van der Waals surface area contributed by atoms with Crippen molar-refractivity contribution in [3.63, 3.8) is 0 Å². The van der Waals surface area contributed by atoms with Crippen molar-refractivity contribution in [2.45, 2.75) is 51.0 Å². The quantitative estimate of drug-likeness (QED) is 0.500. The van der Waals surface area contributed by atoms with Crippen LogP contribution >= 0.6 is 0 Å². The molecule has 0 aromatic heterocycles. The Bertz CT molecular complexity index is 225. The van der Waals surface area contributed by atoms with Crippen LogP contribution in [0.25, 0.3) is 0 Å². The number of carbonyl (C=O) groups is 2. The zero-order valence-corrected chi connectivity index (χ0v) is 9.16. The third kappa shape index (κ3) is 4.81. The highest BCUT2D eigenvalue weighted by molar-refractivity contribution is 5.71. The number of cyclic esters (lactones) is 1. The normalized spacial score (nSPS) is 20.1. The lowest BCUT2D eigenvalue weighted by molar-refractivity contribution is -0.141. The standard InChI is InChI=1S/C11H18O4/c1-14-10(12)6-4-2-3-5-9-7-8-11(13)15-9/h9H,2-8H2,1H3. The first-order valence-electron chi connectivity index (χ1n) is 5.48. The SMILES string of the molecule is COC(=O)CCCCCC1CCC(=O)O1. The van der Waals surface area contributed by atoms with Gasteiger partial charge in [0.25, 0.3) is 0 Å². The summed E-state index contributed by atoms with van der Waals surface area (Å²) in [5.74, 6) is -0.225. The lowest BCUT2D eigenvalue weighted by atomic mass is 10.1. The summed E-state index contributed by atoms with van der Waals surface area (Å²) in [5.41, 5.74) is 0. The third-order valence-electron chi connectivity index (χ3n) is 2.60. The van der Waals surface area contributed by atoms with Crippen molar-refractivity contribution in [2.24, 2.45) is 0 Å². The van der Waals surface area contributed by atoms with Gasteiger partial charge in [-0.3, -0.25) is 9.59 Å². The van der Waals surface area contributed by atoms with Crippen LogP contribution in [0.15, 0.2) is 0 Å². The maximum absolute atomic E-state index is 10.8. The van der Waals surface area contributed by atoms with Crippen LogP contribution in [0.4, 0.5) is 0 Å². The van der Waals surface area contributed by atoms with Gasteiger partial charge < -0.3 is 9.47 Å². The van der Waals surface area contributed by atoms with Gasteiger partial charge in [-0.25, -0.2) is 0 Å². The Morgan fingerprint density at radius 1 is 1.47 bits per heavy atom. The van der Waals surface area contributed by atoms with Crippen LogP contribution in [0, 0.1) is 0 Å². The van der Waals surface area contributed by atoms with Gasteiger partial charge in [-0.2, -0.15) is 0 Å². The van der Waals surface area contributed by atoms with Crippen LogP contribution in [0.3, 0.4) is 0 Å². The number of rotatable bonds is 6. The van der Waals surface area contributed by atoms with E-state index in [1.807, 2.05) is 0 Å². The van der Waals surface area contributed by atoms with E-state index in [2.05, 4.69) is 4.74 Å². The Hall–Kier alpha value is -1.06. The minimum atomic E-state index is -0.151. The van der Waals surface area contributed by atoms with Gasteiger partial charge in [0.05, 0.1) is 7.11 Å². The molecule has 0 radical (unpaired) electrons. The smallest absolute Gasteiger partial charge is 0.306 e. The number of carbonyl (C=O) groups excluding carboxylic acids is 2. The van der Waals surface area contributed by atoms with Crippen molar-refractivity contribution in [3.8, 4) is 0 Å². The molecule has 1 atom stereocenters. The lowest BCUT2D eigenvalue weighted by Crippen LogP contribution is -2.06. The van der Waals surface area contributed by atoms with Crippen molar-refractivity contribution >= 4 is 11.9 Å². The number of methoxy groups -OCH3 is 1. The molecule has 0 bridgehead atoms. The van der Waals surface area contributed by atoms with Crippen LogP contribution in [-0.2, 0) is 19.1 Å². The van der Waals surface area contributed by atoms with E-state index in [1.54, 1.807) is 0 Å². The molecule has 0 spiro atoms. The minimum absolute atomic E-state index is 0.0745. The van der Waals surface area contributed by atoms with Gasteiger partial charge in [0.1, 0.15) is 6.10 Å². The van der Waals surface area contributed by atoms with E-state index < -0.39 is 0 Å². The monoisotopic (exact) mass is 214 g/mol. The molecule has 1 saturated heterocycles. The molecule has 1 aliphatic rings. The molecule has 0 aromatic carbocycles. The van der Waals surface area contributed by atoms with Crippen LogP contribution < -0.4 is 0 Å². The van der Waals surface area contributed by atoms with Crippen LogP contribution in [0.5, 0.6) is 0 Å². The summed E-state index contributed by atoms with van der Waals surface area (Å²) in [4.78, 5) is 21.6. The topological polar surface area (TPSA) is 52.6 Å². The molecule has 4 heteroatoms. The van der Waals surface area contributed by atoms with Crippen LogP contribution in [-0.4, -0.2) is 25.2 Å². The Morgan fingerprint density at radius 3 is 2.87 bits per heavy atom. The summed E-state index contributed by atoms with van der Waals surface area (Å²) >= 11 is 0. The molecule has 0 amide bonds. The fourth-order valence-corrected chi connectivity index (χ4v) is 1.71. The van der Waals surface area contributed by atoms with Gasteiger partial charge in [0.2, 0.25) is 0 Å². The maximum atomic E-state index is 10.8. The van der Waals surface area contributed by atoms with Crippen molar-refractivity contribution in [2.75, 3.05) is 7.11 Å². The summed E-state index contributed by atoms with van der Waals surface area (Å²) < 4.78 is 9.62. The fraction of sp³-hybridized carbons (Fsp3) is 0.818. The van der Waals surface area contributed by atoms with Crippen molar-refractivity contribution in [1.82, 2.24) is 0 Å². The van der Waals surface area contributed by atoms with Gasteiger partial charge >= 0.3 is 11.9 Å². The zero-order valence-electron chi connectivity index (χ0n) is 9.16. The molecule has 4 nitrogen and oxygen atoms in total. The Morgan fingerprint density at radius 2 is 2.27 bits per heavy atom. The molecule has 0 aliphatic carbocycles. The van der Waals surface area contributed by atoms with E-state index in [0.717, 1.165) is 32.1 Å². The van der Waals surface area contributed by atoms with Gasteiger partial charge in [0.15, 0.2) is 0 Å². The second kappa shape index (κ2) is 6.43. The Balaban J connectivity index is 1.93. The molecular weight excluding hydrogens is 196 g/mol. The van der Waals surface area contributed by atoms with E-state index in [4.69, 9.17) is 4.74 Å².